The molecule has 6 fully saturated rings. The highest BCUT2D eigenvalue weighted by atomic mass is 16.6. The lowest BCUT2D eigenvalue weighted by molar-refractivity contribution is -0.145. The predicted molar refractivity (Wildman–Crippen MR) is 177 cm³/mol. The number of carbonyl (C=O) groups is 3. The van der Waals surface area contributed by atoms with Crippen molar-refractivity contribution >= 4 is 18.1 Å². The Morgan fingerprint density at radius 1 is 1.00 bits per heavy atom. The second kappa shape index (κ2) is 13.8. The lowest BCUT2D eigenvalue weighted by Crippen LogP contribution is -2.64. The van der Waals surface area contributed by atoms with Crippen molar-refractivity contribution in [2.45, 2.75) is 134 Å². The Hall–Kier alpha value is -2.07. The van der Waals surface area contributed by atoms with Crippen LogP contribution in [0.4, 0.5) is 9.59 Å². The Morgan fingerprint density at radius 3 is 2.28 bits per heavy atom. The lowest BCUT2D eigenvalue weighted by atomic mass is 9.74. The molecule has 6 aliphatic heterocycles. The first kappa shape index (κ1) is 33.8. The van der Waals surface area contributed by atoms with Crippen molar-refractivity contribution in [2.24, 2.45) is 23.7 Å². The summed E-state index contributed by atoms with van der Waals surface area (Å²) >= 11 is 0. The van der Waals surface area contributed by atoms with E-state index in [4.69, 9.17) is 9.47 Å². The van der Waals surface area contributed by atoms with Crippen LogP contribution in [0.25, 0.3) is 0 Å². The zero-order chi connectivity index (χ0) is 32.6. The van der Waals surface area contributed by atoms with Gasteiger partial charge < -0.3 is 29.5 Å². The molecule has 260 valence electrons. The van der Waals surface area contributed by atoms with E-state index in [1.807, 2.05) is 9.80 Å². The van der Waals surface area contributed by atoms with E-state index in [0.29, 0.717) is 23.7 Å². The van der Waals surface area contributed by atoms with E-state index in [9.17, 15) is 14.4 Å². The first-order valence-corrected chi connectivity index (χ1v) is 18.7. The summed E-state index contributed by atoms with van der Waals surface area (Å²) in [6.07, 6.45) is 11.8. The molecule has 1 N–H and O–H groups in total. The van der Waals surface area contributed by atoms with Crippen LogP contribution < -0.4 is 5.32 Å². The van der Waals surface area contributed by atoms with E-state index in [1.165, 1.54) is 7.11 Å². The van der Waals surface area contributed by atoms with E-state index in [0.717, 1.165) is 123 Å². The summed E-state index contributed by atoms with van der Waals surface area (Å²) in [7, 11) is 1.47. The van der Waals surface area contributed by atoms with Crippen LogP contribution in [0.5, 0.6) is 0 Å². The Labute approximate surface area is 277 Å². The van der Waals surface area contributed by atoms with E-state index >= 15 is 0 Å². The van der Waals surface area contributed by atoms with Gasteiger partial charge in [-0.05, 0) is 83.6 Å². The molecule has 0 aromatic rings. The first-order valence-electron chi connectivity index (χ1n) is 18.7. The zero-order valence-corrected chi connectivity index (χ0v) is 29.3. The third kappa shape index (κ3) is 6.50. The fourth-order valence-corrected chi connectivity index (χ4v) is 10.4. The van der Waals surface area contributed by atoms with Crippen molar-refractivity contribution in [3.63, 3.8) is 0 Å². The van der Waals surface area contributed by atoms with Gasteiger partial charge in [0.25, 0.3) is 0 Å². The number of nitrogens with zero attached hydrogens (tertiary/aromatic N) is 4. The average Bonchev–Trinajstić information content (AvgIpc) is 3.31. The van der Waals surface area contributed by atoms with Crippen LogP contribution in [0.3, 0.4) is 0 Å². The highest BCUT2D eigenvalue weighted by Crippen LogP contribution is 2.45. The molecule has 1 spiro atoms. The summed E-state index contributed by atoms with van der Waals surface area (Å²) in [5.41, 5.74) is -0.303. The average molecular weight is 644 g/mol. The van der Waals surface area contributed by atoms with Gasteiger partial charge in [-0.3, -0.25) is 9.69 Å². The molecule has 6 heterocycles. The molecule has 0 aliphatic carbocycles. The van der Waals surface area contributed by atoms with Gasteiger partial charge in [0, 0.05) is 81.7 Å². The third-order valence-electron chi connectivity index (χ3n) is 13.4. The minimum atomic E-state index is -0.375. The molecule has 0 aromatic heterocycles. The number of hydrogen-bond acceptors (Lipinski definition) is 7. The molecule has 6 aliphatic rings. The summed E-state index contributed by atoms with van der Waals surface area (Å²) in [4.78, 5) is 48.3. The van der Waals surface area contributed by atoms with Crippen molar-refractivity contribution < 1.29 is 23.9 Å². The molecular weight excluding hydrogens is 582 g/mol. The summed E-state index contributed by atoms with van der Waals surface area (Å²) in [6, 6.07) is 0.699. The van der Waals surface area contributed by atoms with Crippen LogP contribution in [0.2, 0.25) is 0 Å². The van der Waals surface area contributed by atoms with Gasteiger partial charge in [-0.15, -0.1) is 0 Å². The molecule has 6 saturated heterocycles. The Kier molecular flexibility index (Phi) is 10.2. The van der Waals surface area contributed by atoms with E-state index in [1.54, 1.807) is 0 Å². The molecule has 10 heteroatoms. The number of ether oxygens (including phenoxy) is 2. The van der Waals surface area contributed by atoms with Crippen molar-refractivity contribution in [3.05, 3.63) is 0 Å². The van der Waals surface area contributed by atoms with Gasteiger partial charge >= 0.3 is 12.2 Å². The van der Waals surface area contributed by atoms with Crippen molar-refractivity contribution in [1.82, 2.24) is 24.9 Å². The predicted octanol–water partition coefficient (Wildman–Crippen LogP) is 5.10. The standard InChI is InChI=1S/C36H61N5O5/c1-6-7-8-28-24-39(23-27-21-29-9-10-30(22-27)41(29)34(44)45-5)33(43)46-36(28)14-19-40(20-15-36)35(4)12-17-38(18-13-35)32(42)31-25(2)11-16-37-26(31)3/h25-31,37H,6-24H2,1-5H3/t25?,26-,27?,28?,29-,30+,31?/m0/s1. The molecule has 7 atom stereocenters. The maximum absolute atomic E-state index is 13.6. The maximum Gasteiger partial charge on any atom is 0.410 e. The molecule has 6 rings (SSSR count). The van der Waals surface area contributed by atoms with Crippen molar-refractivity contribution in [2.75, 3.05) is 52.9 Å². The molecule has 0 saturated carbocycles. The minimum Gasteiger partial charge on any atom is -0.453 e. The topological polar surface area (TPSA) is 94.7 Å². The molecule has 10 nitrogen and oxygen atoms in total. The van der Waals surface area contributed by atoms with Gasteiger partial charge in [-0.25, -0.2) is 9.59 Å². The van der Waals surface area contributed by atoms with E-state index in [2.05, 4.69) is 42.8 Å². The number of hydrogen-bond donors (Lipinski definition) is 1. The molecule has 0 aromatic carbocycles. The fraction of sp³-hybridized carbons (Fsp3) is 0.917. The highest BCUT2D eigenvalue weighted by Gasteiger charge is 2.53. The van der Waals surface area contributed by atoms with Gasteiger partial charge in [0.1, 0.15) is 5.60 Å². The van der Waals surface area contributed by atoms with Crippen LogP contribution >= 0.6 is 0 Å². The normalized spacial score (nSPS) is 36.1. The SMILES string of the molecule is CCCCC1CN(CC2C[C@H]3CC[C@@H](C2)N3C(=O)OC)C(=O)OC12CCN(C1(C)CCN(C(=O)C3C(C)CCN[C@H]3C)CC1)CC2. The quantitative estimate of drug-likeness (QED) is 0.413. The monoisotopic (exact) mass is 643 g/mol. The molecule has 2 bridgehead atoms. The Morgan fingerprint density at radius 2 is 1.67 bits per heavy atom. The van der Waals surface area contributed by atoms with Crippen LogP contribution in [0, 0.1) is 23.7 Å². The van der Waals surface area contributed by atoms with Crippen molar-refractivity contribution in [3.8, 4) is 0 Å². The smallest absolute Gasteiger partial charge is 0.410 e. The van der Waals surface area contributed by atoms with Crippen LogP contribution in [0.1, 0.15) is 105 Å². The van der Waals surface area contributed by atoms with E-state index in [-0.39, 0.29) is 47.4 Å². The van der Waals surface area contributed by atoms with Crippen LogP contribution in [-0.4, -0.2) is 120 Å². The van der Waals surface area contributed by atoms with Gasteiger partial charge in [-0.2, -0.15) is 0 Å². The number of piperidine rings is 4. The largest absolute Gasteiger partial charge is 0.453 e. The lowest BCUT2D eigenvalue weighted by Gasteiger charge is -2.55. The number of nitrogens with one attached hydrogen (secondary N) is 1. The highest BCUT2D eigenvalue weighted by molar-refractivity contribution is 5.80. The Balaban J connectivity index is 1.04. The number of rotatable bonds is 7. The number of methoxy groups -OCH3 is 1. The van der Waals surface area contributed by atoms with Gasteiger partial charge in [0.15, 0.2) is 0 Å². The summed E-state index contributed by atoms with van der Waals surface area (Å²) in [5, 5.41) is 3.52. The minimum absolute atomic E-state index is 0.0719. The molecular formula is C36H61N5O5. The number of likely N-dealkylation sites (tertiary alicyclic amines) is 2. The maximum atomic E-state index is 13.6. The summed E-state index contributed by atoms with van der Waals surface area (Å²) in [5.74, 6) is 1.59. The van der Waals surface area contributed by atoms with E-state index < -0.39 is 0 Å². The number of fused-ring (bicyclic) bond motifs is 2. The number of carbonyl (C=O) groups excluding carboxylic acids is 3. The first-order chi connectivity index (χ1) is 22.1. The summed E-state index contributed by atoms with van der Waals surface area (Å²) < 4.78 is 11.6. The second-order valence-corrected chi connectivity index (χ2v) is 16.1. The van der Waals surface area contributed by atoms with Crippen LogP contribution in [-0.2, 0) is 14.3 Å². The Bertz CT molecular complexity index is 1080. The number of amides is 3. The third-order valence-corrected chi connectivity index (χ3v) is 13.4. The van der Waals surface area contributed by atoms with Crippen molar-refractivity contribution in [1.29, 1.82) is 0 Å². The number of unbranched alkanes of at least 4 members (excludes halogenated alkanes) is 1. The van der Waals surface area contributed by atoms with Gasteiger partial charge in [0.2, 0.25) is 5.91 Å². The molecule has 4 unspecified atom stereocenters. The van der Waals surface area contributed by atoms with Crippen LogP contribution in [0.15, 0.2) is 0 Å². The molecule has 3 amide bonds. The zero-order valence-electron chi connectivity index (χ0n) is 29.3. The van der Waals surface area contributed by atoms with Gasteiger partial charge in [-0.1, -0.05) is 26.7 Å². The fourth-order valence-electron chi connectivity index (χ4n) is 10.4. The molecule has 0 radical (unpaired) electrons. The second-order valence-electron chi connectivity index (χ2n) is 16.1. The summed E-state index contributed by atoms with van der Waals surface area (Å²) in [6.45, 7) is 15.1. The van der Waals surface area contributed by atoms with Gasteiger partial charge in [0.05, 0.1) is 13.0 Å². The molecule has 46 heavy (non-hydrogen) atoms.